The Morgan fingerprint density at radius 3 is 2.06 bits per heavy atom. The number of alkyl halides is 3. The van der Waals surface area contributed by atoms with Crippen LogP contribution in [-0.4, -0.2) is 29.0 Å². The number of carbonyl (C=O) groups is 1. The number of ether oxygens (including phenoxy) is 1. The zero-order valence-corrected chi connectivity index (χ0v) is 16.8. The van der Waals surface area contributed by atoms with Gasteiger partial charge in [-0.05, 0) is 29.8 Å². The Kier molecular flexibility index (Phi) is 5.82. The number of nitro groups is 1. The van der Waals surface area contributed by atoms with Crippen LogP contribution < -0.4 is 5.01 Å². The third-order valence-electron chi connectivity index (χ3n) is 5.05. The summed E-state index contributed by atoms with van der Waals surface area (Å²) in [5.74, 6) is -2.36. The van der Waals surface area contributed by atoms with Gasteiger partial charge in [-0.1, -0.05) is 48.5 Å². The molecule has 1 aliphatic rings. The van der Waals surface area contributed by atoms with E-state index in [1.807, 2.05) is 0 Å². The van der Waals surface area contributed by atoms with Crippen molar-refractivity contribution in [1.29, 1.82) is 0 Å². The van der Waals surface area contributed by atoms with Crippen molar-refractivity contribution in [1.82, 2.24) is 0 Å². The number of rotatable bonds is 5. The maximum absolute atomic E-state index is 14.0. The topological polar surface area (TPSA) is 85.0 Å². The highest BCUT2D eigenvalue weighted by molar-refractivity contribution is 6.00. The van der Waals surface area contributed by atoms with E-state index in [0.29, 0.717) is 0 Å². The molecular formula is C23H16F3N3O4. The van der Waals surface area contributed by atoms with Crippen molar-refractivity contribution in [2.45, 2.75) is 18.3 Å². The average Bonchev–Trinajstić information content (AvgIpc) is 3.20. The normalized spacial score (nSPS) is 18.0. The first-order valence-corrected chi connectivity index (χ1v) is 9.76. The molecule has 0 bridgehead atoms. The summed E-state index contributed by atoms with van der Waals surface area (Å²) in [6.45, 7) is 0. The number of carbonyl (C=O) groups excluding carboxylic acids is 1. The first-order chi connectivity index (χ1) is 15.8. The lowest BCUT2D eigenvalue weighted by Gasteiger charge is -2.28. The van der Waals surface area contributed by atoms with Crippen LogP contribution in [0.1, 0.15) is 21.8 Å². The summed E-state index contributed by atoms with van der Waals surface area (Å²) in [5, 5.41) is 15.8. The number of hydrogen-bond donors (Lipinski definition) is 0. The number of nitrogens with zero attached hydrogens (tertiary/aromatic N) is 3. The second kappa shape index (κ2) is 8.73. The van der Waals surface area contributed by atoms with E-state index in [9.17, 15) is 28.1 Å². The number of hydrogen-bond acceptors (Lipinski definition) is 6. The van der Waals surface area contributed by atoms with Crippen molar-refractivity contribution in [3.8, 4) is 0 Å². The predicted molar refractivity (Wildman–Crippen MR) is 114 cm³/mol. The number of hydrazone groups is 1. The second-order valence-electron chi connectivity index (χ2n) is 7.15. The molecular weight excluding hydrogens is 439 g/mol. The smallest absolute Gasteiger partial charge is 0.432 e. The summed E-state index contributed by atoms with van der Waals surface area (Å²) in [4.78, 5) is 23.1. The lowest BCUT2D eigenvalue weighted by molar-refractivity contribution is -0.384. The molecule has 0 amide bonds. The number of para-hydroxylation sites is 1. The van der Waals surface area contributed by atoms with Crippen molar-refractivity contribution in [2.24, 2.45) is 5.10 Å². The standard InChI is InChI=1S/C23H16F3N3O4/c24-23(25,26)20-19(15-11-13-18(14-12-15)29(31)32)21(28(27-20)17-9-5-2-6-10-17)33-22(30)16-7-3-1-4-8-16/h1-14,19,21H. The van der Waals surface area contributed by atoms with Gasteiger partial charge in [0, 0.05) is 12.1 Å². The van der Waals surface area contributed by atoms with E-state index in [2.05, 4.69) is 5.10 Å². The molecule has 3 aromatic rings. The number of benzene rings is 3. The predicted octanol–water partition coefficient (Wildman–Crippen LogP) is 5.30. The summed E-state index contributed by atoms with van der Waals surface area (Å²) in [5.41, 5.74) is -0.935. The molecule has 2 unspecified atom stereocenters. The first kappa shape index (κ1) is 22.0. The van der Waals surface area contributed by atoms with Gasteiger partial charge in [0.1, 0.15) is 0 Å². The molecule has 3 aromatic carbocycles. The van der Waals surface area contributed by atoms with Gasteiger partial charge in [0.15, 0.2) is 5.71 Å². The number of halogens is 3. The van der Waals surface area contributed by atoms with E-state index in [0.717, 1.165) is 17.1 Å². The van der Waals surface area contributed by atoms with E-state index in [-0.39, 0.29) is 22.5 Å². The van der Waals surface area contributed by atoms with Crippen LogP contribution in [0, 0.1) is 10.1 Å². The quantitative estimate of drug-likeness (QED) is 0.296. The fourth-order valence-corrected chi connectivity index (χ4v) is 3.53. The largest absolute Gasteiger partial charge is 0.435 e. The van der Waals surface area contributed by atoms with Gasteiger partial charge in [-0.25, -0.2) is 9.80 Å². The van der Waals surface area contributed by atoms with Crippen LogP contribution in [0.25, 0.3) is 0 Å². The van der Waals surface area contributed by atoms with Crippen molar-refractivity contribution in [3.05, 3.63) is 106 Å². The molecule has 0 saturated heterocycles. The highest BCUT2D eigenvalue weighted by atomic mass is 19.4. The van der Waals surface area contributed by atoms with Gasteiger partial charge in [-0.15, -0.1) is 0 Å². The lowest BCUT2D eigenvalue weighted by atomic mass is 9.92. The molecule has 7 nitrogen and oxygen atoms in total. The molecule has 0 aliphatic carbocycles. The number of nitro benzene ring substituents is 1. The number of esters is 1. The van der Waals surface area contributed by atoms with Crippen molar-refractivity contribution < 1.29 is 27.6 Å². The van der Waals surface area contributed by atoms with E-state index >= 15 is 0 Å². The molecule has 0 radical (unpaired) electrons. The van der Waals surface area contributed by atoms with Gasteiger partial charge in [0.05, 0.1) is 22.1 Å². The molecule has 4 rings (SSSR count). The monoisotopic (exact) mass is 455 g/mol. The minimum atomic E-state index is -4.84. The van der Waals surface area contributed by atoms with Crippen molar-refractivity contribution in [2.75, 3.05) is 5.01 Å². The summed E-state index contributed by atoms with van der Waals surface area (Å²) in [6, 6.07) is 20.5. The summed E-state index contributed by atoms with van der Waals surface area (Å²) in [6.07, 6.45) is -6.31. The van der Waals surface area contributed by atoms with E-state index in [1.165, 1.54) is 24.3 Å². The molecule has 33 heavy (non-hydrogen) atoms. The molecule has 168 valence electrons. The minimum absolute atomic E-state index is 0.0703. The Morgan fingerprint density at radius 2 is 1.52 bits per heavy atom. The van der Waals surface area contributed by atoms with E-state index < -0.39 is 34.9 Å². The van der Waals surface area contributed by atoms with Crippen molar-refractivity contribution in [3.63, 3.8) is 0 Å². The highest BCUT2D eigenvalue weighted by Gasteiger charge is 2.52. The zero-order chi connectivity index (χ0) is 23.6. The summed E-state index contributed by atoms with van der Waals surface area (Å²) in [7, 11) is 0. The van der Waals surface area contributed by atoms with Crippen LogP contribution in [0.3, 0.4) is 0 Å². The van der Waals surface area contributed by atoms with Gasteiger partial charge in [0.2, 0.25) is 6.23 Å². The van der Waals surface area contributed by atoms with Crippen LogP contribution in [0.2, 0.25) is 0 Å². The van der Waals surface area contributed by atoms with Gasteiger partial charge in [-0.2, -0.15) is 18.3 Å². The van der Waals surface area contributed by atoms with E-state index in [1.54, 1.807) is 48.5 Å². The molecule has 0 N–H and O–H groups in total. The Labute approximate surface area is 185 Å². The molecule has 1 heterocycles. The Balaban J connectivity index is 1.80. The molecule has 10 heteroatoms. The second-order valence-corrected chi connectivity index (χ2v) is 7.15. The Hall–Kier alpha value is -4.21. The maximum Gasteiger partial charge on any atom is 0.432 e. The molecule has 2 atom stereocenters. The molecule has 1 aliphatic heterocycles. The highest BCUT2D eigenvalue weighted by Crippen LogP contribution is 2.41. The van der Waals surface area contributed by atoms with Crippen LogP contribution in [0.4, 0.5) is 24.5 Å². The fourth-order valence-electron chi connectivity index (χ4n) is 3.53. The third-order valence-corrected chi connectivity index (χ3v) is 5.05. The number of anilines is 1. The van der Waals surface area contributed by atoms with Crippen LogP contribution in [0.5, 0.6) is 0 Å². The van der Waals surface area contributed by atoms with Gasteiger partial charge >= 0.3 is 12.1 Å². The lowest BCUT2D eigenvalue weighted by Crippen LogP contribution is -2.39. The molecule has 0 fully saturated rings. The molecule has 0 spiro atoms. The van der Waals surface area contributed by atoms with E-state index in [4.69, 9.17) is 4.74 Å². The third kappa shape index (κ3) is 4.54. The maximum atomic E-state index is 14.0. The van der Waals surface area contributed by atoms with Crippen LogP contribution in [0.15, 0.2) is 90.0 Å². The minimum Gasteiger partial charge on any atom is -0.435 e. The SMILES string of the molecule is O=C(OC1C(c2ccc([N+](=O)[O-])cc2)C(C(F)(F)F)=NN1c1ccccc1)c1ccccc1. The van der Waals surface area contributed by atoms with Crippen LogP contribution in [-0.2, 0) is 4.74 Å². The van der Waals surface area contributed by atoms with Crippen molar-refractivity contribution >= 4 is 23.1 Å². The Bertz CT molecular complexity index is 1180. The summed E-state index contributed by atoms with van der Waals surface area (Å²) < 4.78 is 47.6. The Morgan fingerprint density at radius 1 is 0.939 bits per heavy atom. The van der Waals surface area contributed by atoms with Gasteiger partial charge < -0.3 is 4.74 Å². The molecule has 0 aromatic heterocycles. The molecule has 0 saturated carbocycles. The fraction of sp³-hybridized carbons (Fsp3) is 0.130. The van der Waals surface area contributed by atoms with Crippen LogP contribution >= 0.6 is 0 Å². The first-order valence-electron chi connectivity index (χ1n) is 9.76. The van der Waals surface area contributed by atoms with Gasteiger partial charge in [0.25, 0.3) is 5.69 Å². The summed E-state index contributed by atoms with van der Waals surface area (Å²) >= 11 is 0. The van der Waals surface area contributed by atoms with Gasteiger partial charge in [-0.3, -0.25) is 10.1 Å². The average molecular weight is 455 g/mol. The zero-order valence-electron chi connectivity index (χ0n) is 16.8. The number of non-ortho nitro benzene ring substituents is 1.